The molecule has 36 heavy (non-hydrogen) atoms. The van der Waals surface area contributed by atoms with Crippen molar-refractivity contribution in [3.05, 3.63) is 106 Å². The number of hydrogen-bond donors (Lipinski definition) is 2. The third kappa shape index (κ3) is 4.29. The predicted molar refractivity (Wildman–Crippen MR) is 134 cm³/mol. The molecule has 5 nitrogen and oxygen atoms in total. The fraction of sp³-hybridized carbons (Fsp3) is 0.138. The molecule has 0 radical (unpaired) electrons. The second kappa shape index (κ2) is 9.59. The number of fused-ring (bicyclic) bond motifs is 1. The van der Waals surface area contributed by atoms with Crippen LogP contribution in [0.5, 0.6) is 0 Å². The Bertz CT molecular complexity index is 1570. The molecule has 1 saturated carbocycles. The minimum atomic E-state index is -1.06. The lowest BCUT2D eigenvalue weighted by Gasteiger charge is -2.32. The Morgan fingerprint density at radius 2 is 1.83 bits per heavy atom. The van der Waals surface area contributed by atoms with E-state index >= 15 is 8.78 Å². The summed E-state index contributed by atoms with van der Waals surface area (Å²) in [6.45, 7) is 0. The van der Waals surface area contributed by atoms with Gasteiger partial charge in [0.1, 0.15) is 11.6 Å². The maximum atomic E-state index is 15.9. The number of rotatable bonds is 6. The van der Waals surface area contributed by atoms with Crippen molar-refractivity contribution in [1.82, 2.24) is 10.2 Å². The highest BCUT2D eigenvalue weighted by Gasteiger charge is 2.30. The molecule has 0 aliphatic heterocycles. The van der Waals surface area contributed by atoms with E-state index in [-0.39, 0.29) is 11.5 Å². The number of aliphatic carboxylic acids is 1. The average molecular weight is 482 g/mol. The quantitative estimate of drug-likeness (QED) is 0.241. The average Bonchev–Trinajstić information content (AvgIpc) is 3.33. The van der Waals surface area contributed by atoms with Crippen LogP contribution in [0.3, 0.4) is 0 Å². The molecule has 0 spiro atoms. The number of nitrogens with one attached hydrogen (secondary N) is 1. The number of nitriles is 1. The van der Waals surface area contributed by atoms with Crippen LogP contribution in [0, 0.1) is 28.9 Å². The number of carboxylic acids is 1. The van der Waals surface area contributed by atoms with Gasteiger partial charge in [-0.05, 0) is 71.4 Å². The molecule has 178 valence electrons. The first kappa shape index (κ1) is 23.2. The van der Waals surface area contributed by atoms with Crippen LogP contribution in [0.4, 0.5) is 8.78 Å². The third-order valence-corrected chi connectivity index (χ3v) is 6.62. The largest absolute Gasteiger partial charge is 0.478 e. The molecule has 0 unspecified atom stereocenters. The van der Waals surface area contributed by atoms with Gasteiger partial charge in [-0.2, -0.15) is 10.4 Å². The Morgan fingerprint density at radius 3 is 2.47 bits per heavy atom. The Morgan fingerprint density at radius 1 is 1.08 bits per heavy atom. The van der Waals surface area contributed by atoms with Crippen LogP contribution in [0.1, 0.15) is 47.1 Å². The van der Waals surface area contributed by atoms with E-state index in [2.05, 4.69) is 10.2 Å². The molecule has 5 rings (SSSR count). The summed E-state index contributed by atoms with van der Waals surface area (Å²) in [5.41, 5.74) is 4.04. The Kier molecular flexibility index (Phi) is 6.17. The van der Waals surface area contributed by atoms with E-state index in [9.17, 15) is 10.1 Å². The zero-order valence-corrected chi connectivity index (χ0v) is 19.1. The zero-order chi connectivity index (χ0) is 25.2. The van der Waals surface area contributed by atoms with Crippen molar-refractivity contribution < 1.29 is 18.7 Å². The SMILES string of the molecule is N#Cc1ccc(C(=C(c2ccc(C=CC(=O)O)cc2)c2ccc3[nH]ncc3c2F)C2CCC2)c(F)c1. The first-order valence-electron chi connectivity index (χ1n) is 11.5. The van der Waals surface area contributed by atoms with Crippen molar-refractivity contribution >= 4 is 34.1 Å². The monoisotopic (exact) mass is 481 g/mol. The van der Waals surface area contributed by atoms with E-state index < -0.39 is 17.6 Å². The van der Waals surface area contributed by atoms with E-state index in [4.69, 9.17) is 5.11 Å². The summed E-state index contributed by atoms with van der Waals surface area (Å²) in [5, 5.41) is 25.2. The molecular weight excluding hydrogens is 460 g/mol. The van der Waals surface area contributed by atoms with E-state index in [1.807, 2.05) is 6.07 Å². The van der Waals surface area contributed by atoms with Crippen molar-refractivity contribution in [2.45, 2.75) is 19.3 Å². The van der Waals surface area contributed by atoms with Crippen LogP contribution >= 0.6 is 0 Å². The van der Waals surface area contributed by atoms with Gasteiger partial charge in [-0.25, -0.2) is 13.6 Å². The fourth-order valence-corrected chi connectivity index (χ4v) is 4.62. The second-order valence-corrected chi connectivity index (χ2v) is 8.77. The molecule has 0 saturated heterocycles. The van der Waals surface area contributed by atoms with Gasteiger partial charge < -0.3 is 5.11 Å². The summed E-state index contributed by atoms with van der Waals surface area (Å²) in [6.07, 6.45) is 6.61. The number of allylic oxidation sites excluding steroid dienone is 1. The molecule has 7 heteroatoms. The van der Waals surface area contributed by atoms with Gasteiger partial charge in [0.25, 0.3) is 0 Å². The molecule has 1 aliphatic rings. The molecule has 1 aliphatic carbocycles. The standard InChI is InChI=1S/C29H21F2N3O2/c30-24-14-18(15-32)6-10-21(24)27(19-2-1-3-19)28(20-8-4-17(5-9-20)7-13-26(35)36)22-11-12-25-23(29(22)31)16-33-34-25/h4-14,16,19H,1-3H2,(H,33,34)(H,35,36). The van der Waals surface area contributed by atoms with Gasteiger partial charge in [0, 0.05) is 17.2 Å². The van der Waals surface area contributed by atoms with E-state index in [1.54, 1.807) is 48.5 Å². The molecule has 0 atom stereocenters. The molecule has 3 aromatic carbocycles. The first-order chi connectivity index (χ1) is 17.5. The number of aromatic amines is 1. The Labute approximate surface area is 206 Å². The number of aromatic nitrogens is 2. The highest BCUT2D eigenvalue weighted by molar-refractivity contribution is 6.01. The lowest BCUT2D eigenvalue weighted by molar-refractivity contribution is -0.131. The molecule has 0 amide bonds. The molecule has 1 heterocycles. The lowest BCUT2D eigenvalue weighted by atomic mass is 9.72. The number of halogens is 2. The summed E-state index contributed by atoms with van der Waals surface area (Å²) < 4.78 is 31.3. The minimum absolute atomic E-state index is 0.0217. The normalized spacial score (nSPS) is 14.5. The van der Waals surface area contributed by atoms with Gasteiger partial charge in [-0.15, -0.1) is 0 Å². The molecule has 2 N–H and O–H groups in total. The van der Waals surface area contributed by atoms with Gasteiger partial charge >= 0.3 is 5.97 Å². The van der Waals surface area contributed by atoms with Crippen LogP contribution in [0.25, 0.3) is 28.1 Å². The van der Waals surface area contributed by atoms with Crippen LogP contribution in [-0.2, 0) is 4.79 Å². The first-order valence-corrected chi connectivity index (χ1v) is 11.5. The number of carbonyl (C=O) groups is 1. The number of benzene rings is 3. The van der Waals surface area contributed by atoms with Crippen molar-refractivity contribution in [2.24, 2.45) is 5.92 Å². The summed E-state index contributed by atoms with van der Waals surface area (Å²) >= 11 is 0. The summed E-state index contributed by atoms with van der Waals surface area (Å²) in [5.74, 6) is -2.02. The van der Waals surface area contributed by atoms with Crippen LogP contribution in [0.2, 0.25) is 0 Å². The molecule has 0 bridgehead atoms. The Balaban J connectivity index is 1.79. The topological polar surface area (TPSA) is 89.8 Å². The molecule has 1 fully saturated rings. The number of nitrogens with zero attached hydrogens (tertiary/aromatic N) is 2. The summed E-state index contributed by atoms with van der Waals surface area (Å²) in [7, 11) is 0. The van der Waals surface area contributed by atoms with E-state index in [1.165, 1.54) is 18.3 Å². The van der Waals surface area contributed by atoms with Crippen LogP contribution < -0.4 is 0 Å². The van der Waals surface area contributed by atoms with Crippen molar-refractivity contribution in [3.63, 3.8) is 0 Å². The van der Waals surface area contributed by atoms with Gasteiger partial charge in [0.2, 0.25) is 0 Å². The van der Waals surface area contributed by atoms with Crippen LogP contribution in [0.15, 0.2) is 66.9 Å². The van der Waals surface area contributed by atoms with Gasteiger partial charge in [0.05, 0.1) is 28.7 Å². The Hall–Kier alpha value is -4.57. The maximum absolute atomic E-state index is 15.9. The maximum Gasteiger partial charge on any atom is 0.328 e. The molecule has 1 aromatic heterocycles. The van der Waals surface area contributed by atoms with Crippen molar-refractivity contribution in [2.75, 3.05) is 0 Å². The van der Waals surface area contributed by atoms with Gasteiger partial charge in [0.15, 0.2) is 0 Å². The zero-order valence-electron chi connectivity index (χ0n) is 19.1. The highest BCUT2D eigenvalue weighted by Crippen LogP contribution is 2.46. The number of hydrogen-bond acceptors (Lipinski definition) is 3. The number of carboxylic acid groups (broad SMARTS) is 1. The second-order valence-electron chi connectivity index (χ2n) is 8.77. The lowest BCUT2D eigenvalue weighted by Crippen LogP contribution is -2.16. The van der Waals surface area contributed by atoms with Crippen molar-refractivity contribution in [3.8, 4) is 6.07 Å². The summed E-state index contributed by atoms with van der Waals surface area (Å²) in [4.78, 5) is 10.9. The van der Waals surface area contributed by atoms with E-state index in [0.717, 1.165) is 25.3 Å². The van der Waals surface area contributed by atoms with Crippen molar-refractivity contribution in [1.29, 1.82) is 5.26 Å². The highest BCUT2D eigenvalue weighted by atomic mass is 19.1. The molecule has 4 aromatic rings. The number of H-pyrrole nitrogens is 1. The van der Waals surface area contributed by atoms with E-state index in [0.29, 0.717) is 44.3 Å². The predicted octanol–water partition coefficient (Wildman–Crippen LogP) is 6.57. The smallest absolute Gasteiger partial charge is 0.328 e. The fourth-order valence-electron chi connectivity index (χ4n) is 4.62. The summed E-state index contributed by atoms with van der Waals surface area (Å²) in [6, 6.07) is 16.8. The van der Waals surface area contributed by atoms with Gasteiger partial charge in [-0.1, -0.05) is 36.8 Å². The molecular formula is C29H21F2N3O2. The minimum Gasteiger partial charge on any atom is -0.478 e. The third-order valence-electron chi connectivity index (χ3n) is 6.62. The van der Waals surface area contributed by atoms with Gasteiger partial charge in [-0.3, -0.25) is 5.10 Å². The van der Waals surface area contributed by atoms with Crippen LogP contribution in [-0.4, -0.2) is 21.3 Å².